The van der Waals surface area contributed by atoms with Crippen molar-refractivity contribution in [3.8, 4) is 11.5 Å². The van der Waals surface area contributed by atoms with Gasteiger partial charge in [-0.1, -0.05) is 35.3 Å². The third-order valence-corrected chi connectivity index (χ3v) is 6.13. The molecule has 7 nitrogen and oxygen atoms in total. The molecule has 162 valence electrons. The standard InChI is InChI=1S/C22H20Cl2N2O5/c1-3-25(11-13-5-4-6-18-19(13)31-8-7-30-18)20(27)12(2)26-21(28)14-9-16(23)17(24)10-15(14)22(26)29/h4-6,9-10,12H,3,7-8,11H2,1-2H3. The van der Waals surface area contributed by atoms with E-state index in [1.165, 1.54) is 19.1 Å². The second kappa shape index (κ2) is 8.40. The zero-order chi connectivity index (χ0) is 22.3. The number of amides is 3. The van der Waals surface area contributed by atoms with Gasteiger partial charge in [-0.2, -0.15) is 0 Å². The Labute approximate surface area is 189 Å². The van der Waals surface area contributed by atoms with E-state index in [9.17, 15) is 14.4 Å². The Morgan fingerprint density at radius 2 is 1.71 bits per heavy atom. The van der Waals surface area contributed by atoms with Crippen LogP contribution in [0.5, 0.6) is 11.5 Å². The average Bonchev–Trinajstić information content (AvgIpc) is 3.00. The Hall–Kier alpha value is -2.77. The molecular weight excluding hydrogens is 443 g/mol. The van der Waals surface area contributed by atoms with Crippen LogP contribution >= 0.6 is 23.2 Å². The zero-order valence-corrected chi connectivity index (χ0v) is 18.5. The molecule has 0 saturated carbocycles. The molecule has 0 aliphatic carbocycles. The van der Waals surface area contributed by atoms with Crippen LogP contribution in [0.4, 0.5) is 0 Å². The van der Waals surface area contributed by atoms with Gasteiger partial charge < -0.3 is 14.4 Å². The van der Waals surface area contributed by atoms with Crippen molar-refractivity contribution in [1.82, 2.24) is 9.80 Å². The SMILES string of the molecule is CCN(Cc1cccc2c1OCCO2)C(=O)C(C)N1C(=O)c2cc(Cl)c(Cl)cc2C1=O. The highest BCUT2D eigenvalue weighted by Gasteiger charge is 2.42. The molecule has 31 heavy (non-hydrogen) atoms. The van der Waals surface area contributed by atoms with Gasteiger partial charge in [0.25, 0.3) is 11.8 Å². The topological polar surface area (TPSA) is 76.2 Å². The smallest absolute Gasteiger partial charge is 0.262 e. The number of halogens is 2. The van der Waals surface area contributed by atoms with Gasteiger partial charge in [0.15, 0.2) is 11.5 Å². The quantitative estimate of drug-likeness (QED) is 0.631. The summed E-state index contributed by atoms with van der Waals surface area (Å²) >= 11 is 12.0. The predicted octanol–water partition coefficient (Wildman–Crippen LogP) is 3.80. The molecule has 9 heteroatoms. The first-order valence-corrected chi connectivity index (χ1v) is 10.6. The van der Waals surface area contributed by atoms with Crippen LogP contribution < -0.4 is 9.47 Å². The number of para-hydroxylation sites is 1. The minimum absolute atomic E-state index is 0.143. The molecule has 0 aromatic heterocycles. The molecule has 0 N–H and O–H groups in total. The van der Waals surface area contributed by atoms with Crippen LogP contribution in [-0.2, 0) is 11.3 Å². The van der Waals surface area contributed by atoms with E-state index >= 15 is 0 Å². The normalized spacial score (nSPS) is 15.7. The lowest BCUT2D eigenvalue weighted by Gasteiger charge is -2.30. The van der Waals surface area contributed by atoms with Crippen molar-refractivity contribution in [1.29, 1.82) is 0 Å². The third-order valence-electron chi connectivity index (χ3n) is 5.41. The summed E-state index contributed by atoms with van der Waals surface area (Å²) in [7, 11) is 0. The molecule has 1 unspecified atom stereocenters. The molecule has 0 saturated heterocycles. The average molecular weight is 463 g/mol. The van der Waals surface area contributed by atoms with E-state index in [1.54, 1.807) is 4.90 Å². The molecule has 3 amide bonds. The number of hydrogen-bond donors (Lipinski definition) is 0. The van der Waals surface area contributed by atoms with E-state index in [1.807, 2.05) is 25.1 Å². The summed E-state index contributed by atoms with van der Waals surface area (Å²) in [6.07, 6.45) is 0. The monoisotopic (exact) mass is 462 g/mol. The summed E-state index contributed by atoms with van der Waals surface area (Å²) in [4.78, 5) is 41.5. The minimum atomic E-state index is -0.999. The fourth-order valence-corrected chi connectivity index (χ4v) is 4.12. The van der Waals surface area contributed by atoms with Gasteiger partial charge in [0, 0.05) is 18.7 Å². The second-order valence-electron chi connectivity index (χ2n) is 7.26. The molecule has 2 aromatic rings. The van der Waals surface area contributed by atoms with Gasteiger partial charge in [-0.25, -0.2) is 0 Å². The van der Waals surface area contributed by atoms with Gasteiger partial charge in [-0.3, -0.25) is 19.3 Å². The highest BCUT2D eigenvalue weighted by atomic mass is 35.5. The minimum Gasteiger partial charge on any atom is -0.486 e. The fourth-order valence-electron chi connectivity index (χ4n) is 3.79. The molecule has 2 aliphatic heterocycles. The van der Waals surface area contributed by atoms with E-state index in [0.717, 1.165) is 10.5 Å². The Morgan fingerprint density at radius 1 is 1.10 bits per heavy atom. The summed E-state index contributed by atoms with van der Waals surface area (Å²) < 4.78 is 11.3. The lowest BCUT2D eigenvalue weighted by atomic mass is 10.1. The second-order valence-corrected chi connectivity index (χ2v) is 8.08. The summed E-state index contributed by atoms with van der Waals surface area (Å²) in [6, 6.07) is 7.24. The molecule has 2 heterocycles. The first kappa shape index (κ1) is 21.5. The Kier molecular flexibility index (Phi) is 5.81. The molecule has 0 spiro atoms. The third kappa shape index (κ3) is 3.72. The molecule has 0 radical (unpaired) electrons. The van der Waals surface area contributed by atoms with Gasteiger partial charge in [-0.15, -0.1) is 0 Å². The van der Waals surface area contributed by atoms with Gasteiger partial charge in [0.05, 0.1) is 21.2 Å². The highest BCUT2D eigenvalue weighted by molar-refractivity contribution is 6.43. The maximum atomic E-state index is 13.3. The number of imide groups is 1. The van der Waals surface area contributed by atoms with Crippen molar-refractivity contribution >= 4 is 40.9 Å². The summed E-state index contributed by atoms with van der Waals surface area (Å²) in [5.74, 6) is -0.246. The Bertz CT molecular complexity index is 1050. The molecule has 0 fully saturated rings. The Balaban J connectivity index is 1.57. The summed E-state index contributed by atoms with van der Waals surface area (Å²) in [5, 5.41) is 0.349. The largest absolute Gasteiger partial charge is 0.486 e. The van der Waals surface area contributed by atoms with Gasteiger partial charge in [0.2, 0.25) is 5.91 Å². The fraction of sp³-hybridized carbons (Fsp3) is 0.318. The predicted molar refractivity (Wildman–Crippen MR) is 115 cm³/mol. The first-order valence-electron chi connectivity index (χ1n) is 9.86. The maximum Gasteiger partial charge on any atom is 0.262 e. The van der Waals surface area contributed by atoms with Gasteiger partial charge in [0.1, 0.15) is 19.3 Å². The van der Waals surface area contributed by atoms with Crippen molar-refractivity contribution in [2.45, 2.75) is 26.4 Å². The molecule has 2 aliphatic rings. The number of fused-ring (bicyclic) bond motifs is 2. The molecule has 2 aromatic carbocycles. The summed E-state index contributed by atoms with van der Waals surface area (Å²) in [5.41, 5.74) is 1.08. The zero-order valence-electron chi connectivity index (χ0n) is 17.0. The van der Waals surface area contributed by atoms with Crippen molar-refractivity contribution in [3.63, 3.8) is 0 Å². The van der Waals surface area contributed by atoms with Crippen LogP contribution in [0.2, 0.25) is 10.0 Å². The molecule has 4 rings (SSSR count). The van der Waals surface area contributed by atoms with Crippen molar-refractivity contribution in [2.75, 3.05) is 19.8 Å². The first-order chi connectivity index (χ1) is 14.8. The van der Waals surface area contributed by atoms with E-state index in [4.69, 9.17) is 32.7 Å². The van der Waals surface area contributed by atoms with Crippen LogP contribution in [-0.4, -0.2) is 53.3 Å². The van der Waals surface area contributed by atoms with Gasteiger partial charge in [-0.05, 0) is 32.0 Å². The summed E-state index contributed by atoms with van der Waals surface area (Å²) in [6.45, 7) is 4.91. The number of ether oxygens (including phenoxy) is 2. The van der Waals surface area contributed by atoms with Crippen LogP contribution in [0.25, 0.3) is 0 Å². The van der Waals surface area contributed by atoms with E-state index in [0.29, 0.717) is 31.3 Å². The van der Waals surface area contributed by atoms with Gasteiger partial charge >= 0.3 is 0 Å². The molecular formula is C22H20Cl2N2O5. The van der Waals surface area contributed by atoms with Crippen LogP contribution in [0.3, 0.4) is 0 Å². The number of likely N-dealkylation sites (N-methyl/N-ethyl adjacent to an activating group) is 1. The number of carbonyl (C=O) groups is 3. The van der Waals surface area contributed by atoms with E-state index in [2.05, 4.69) is 0 Å². The van der Waals surface area contributed by atoms with Crippen LogP contribution in [0, 0.1) is 0 Å². The van der Waals surface area contributed by atoms with Crippen molar-refractivity contribution < 1.29 is 23.9 Å². The van der Waals surface area contributed by atoms with Crippen LogP contribution in [0.15, 0.2) is 30.3 Å². The van der Waals surface area contributed by atoms with Crippen molar-refractivity contribution in [2.24, 2.45) is 0 Å². The lowest BCUT2D eigenvalue weighted by Crippen LogP contribution is -2.49. The molecule has 1 atom stereocenters. The van der Waals surface area contributed by atoms with E-state index in [-0.39, 0.29) is 33.6 Å². The number of carbonyl (C=O) groups excluding carboxylic acids is 3. The Morgan fingerprint density at radius 3 is 2.32 bits per heavy atom. The highest BCUT2D eigenvalue weighted by Crippen LogP contribution is 2.35. The molecule has 0 bridgehead atoms. The van der Waals surface area contributed by atoms with Crippen molar-refractivity contribution in [3.05, 3.63) is 57.1 Å². The maximum absolute atomic E-state index is 13.3. The van der Waals surface area contributed by atoms with E-state index < -0.39 is 17.9 Å². The van der Waals surface area contributed by atoms with Crippen LogP contribution in [0.1, 0.15) is 40.1 Å². The number of hydrogen-bond acceptors (Lipinski definition) is 5. The number of benzene rings is 2. The number of rotatable bonds is 5. The lowest BCUT2D eigenvalue weighted by molar-refractivity contribution is -0.135. The number of nitrogens with zero attached hydrogens (tertiary/aromatic N) is 2.